The fourth-order valence-corrected chi connectivity index (χ4v) is 5.35. The van der Waals surface area contributed by atoms with E-state index in [4.69, 9.17) is 0 Å². The number of hydrogen-bond donors (Lipinski definition) is 2. The molecule has 5 nitrogen and oxygen atoms in total. The van der Waals surface area contributed by atoms with Crippen LogP contribution in [0.1, 0.15) is 49.8 Å². The van der Waals surface area contributed by atoms with Crippen molar-refractivity contribution in [3.63, 3.8) is 0 Å². The maximum absolute atomic E-state index is 13.1. The minimum Gasteiger partial charge on any atom is -0.349 e. The average Bonchev–Trinajstić information content (AvgIpc) is 2.70. The Morgan fingerprint density at radius 1 is 1.10 bits per heavy atom. The molecule has 162 valence electrons. The van der Waals surface area contributed by atoms with Gasteiger partial charge in [0.25, 0.3) is 0 Å². The highest BCUT2D eigenvalue weighted by Gasteiger charge is 2.29. The molecular weight excluding hydrogens is 471 g/mol. The van der Waals surface area contributed by atoms with Gasteiger partial charge in [-0.15, -0.1) is 0 Å². The SMILES string of the molecule is Cc1cc(S(=O)(=O)NC2CCC(C(=O)N[C@H](C)c3ccc(F)cc3)CC2)ccc1Br. The Balaban J connectivity index is 1.53. The third kappa shape index (κ3) is 5.68. The Morgan fingerprint density at radius 2 is 1.73 bits per heavy atom. The zero-order valence-corrected chi connectivity index (χ0v) is 19.4. The number of carbonyl (C=O) groups excluding carboxylic acids is 1. The molecule has 0 aromatic heterocycles. The molecular formula is C22H26BrFN2O3S. The van der Waals surface area contributed by atoms with Gasteiger partial charge in [0.2, 0.25) is 15.9 Å². The highest BCUT2D eigenvalue weighted by molar-refractivity contribution is 9.10. The van der Waals surface area contributed by atoms with Crippen molar-refractivity contribution in [2.75, 3.05) is 0 Å². The van der Waals surface area contributed by atoms with Crippen molar-refractivity contribution in [2.45, 2.75) is 56.5 Å². The molecule has 1 atom stereocenters. The molecule has 0 unspecified atom stereocenters. The van der Waals surface area contributed by atoms with Gasteiger partial charge >= 0.3 is 0 Å². The summed E-state index contributed by atoms with van der Waals surface area (Å²) in [5.41, 5.74) is 1.70. The molecule has 1 aliphatic rings. The Bertz CT molecular complexity index is 1000. The third-order valence-electron chi connectivity index (χ3n) is 5.59. The second kappa shape index (κ2) is 9.58. The molecule has 0 spiro atoms. The molecule has 1 fully saturated rings. The Labute approximate surface area is 185 Å². The van der Waals surface area contributed by atoms with Crippen LogP contribution in [0.5, 0.6) is 0 Å². The number of halogens is 2. The summed E-state index contributed by atoms with van der Waals surface area (Å²) in [6.07, 6.45) is 2.46. The molecule has 0 bridgehead atoms. The number of hydrogen-bond acceptors (Lipinski definition) is 3. The van der Waals surface area contributed by atoms with E-state index in [2.05, 4.69) is 26.0 Å². The first-order valence-corrected chi connectivity index (χ1v) is 12.3. The van der Waals surface area contributed by atoms with Gasteiger partial charge in [-0.1, -0.05) is 28.1 Å². The fourth-order valence-electron chi connectivity index (χ4n) is 3.71. The average molecular weight is 497 g/mol. The van der Waals surface area contributed by atoms with Gasteiger partial charge in [-0.2, -0.15) is 0 Å². The second-order valence-electron chi connectivity index (χ2n) is 7.86. The van der Waals surface area contributed by atoms with Crippen molar-refractivity contribution < 1.29 is 17.6 Å². The summed E-state index contributed by atoms with van der Waals surface area (Å²) in [6, 6.07) is 10.6. The van der Waals surface area contributed by atoms with E-state index in [-0.39, 0.29) is 34.6 Å². The molecule has 1 aliphatic carbocycles. The maximum Gasteiger partial charge on any atom is 0.240 e. The lowest BCUT2D eigenvalue weighted by atomic mass is 9.85. The molecule has 30 heavy (non-hydrogen) atoms. The predicted octanol–water partition coefficient (Wildman–Crippen LogP) is 4.61. The lowest BCUT2D eigenvalue weighted by Crippen LogP contribution is -2.41. The molecule has 1 saturated carbocycles. The minimum absolute atomic E-state index is 0.0448. The van der Waals surface area contributed by atoms with E-state index in [0.29, 0.717) is 25.7 Å². The van der Waals surface area contributed by atoms with Crippen molar-refractivity contribution in [1.29, 1.82) is 0 Å². The molecule has 2 N–H and O–H groups in total. The van der Waals surface area contributed by atoms with Crippen molar-refractivity contribution in [2.24, 2.45) is 5.92 Å². The summed E-state index contributed by atoms with van der Waals surface area (Å²) in [7, 11) is -3.60. The van der Waals surface area contributed by atoms with Crippen molar-refractivity contribution in [1.82, 2.24) is 10.0 Å². The number of rotatable bonds is 6. The number of sulfonamides is 1. The zero-order chi connectivity index (χ0) is 21.9. The highest BCUT2D eigenvalue weighted by atomic mass is 79.9. The van der Waals surface area contributed by atoms with Gasteiger partial charge in [-0.05, 0) is 81.0 Å². The zero-order valence-electron chi connectivity index (χ0n) is 17.0. The van der Waals surface area contributed by atoms with Crippen LogP contribution in [-0.4, -0.2) is 20.4 Å². The lowest BCUT2D eigenvalue weighted by molar-refractivity contribution is -0.126. The first-order valence-electron chi connectivity index (χ1n) is 10.00. The number of aryl methyl sites for hydroxylation is 1. The first-order chi connectivity index (χ1) is 14.2. The number of nitrogens with one attached hydrogen (secondary N) is 2. The van der Waals surface area contributed by atoms with Gasteiger partial charge in [0.05, 0.1) is 10.9 Å². The maximum atomic E-state index is 13.1. The van der Waals surface area contributed by atoms with E-state index >= 15 is 0 Å². The van der Waals surface area contributed by atoms with E-state index in [9.17, 15) is 17.6 Å². The lowest BCUT2D eigenvalue weighted by Gasteiger charge is -2.29. The smallest absolute Gasteiger partial charge is 0.240 e. The Kier molecular flexibility index (Phi) is 7.31. The summed E-state index contributed by atoms with van der Waals surface area (Å²) < 4.78 is 42.1. The van der Waals surface area contributed by atoms with Crippen LogP contribution in [0, 0.1) is 18.7 Å². The van der Waals surface area contributed by atoms with Crippen LogP contribution >= 0.6 is 15.9 Å². The van der Waals surface area contributed by atoms with Gasteiger partial charge in [0.1, 0.15) is 5.82 Å². The van der Waals surface area contributed by atoms with Crippen molar-refractivity contribution in [3.05, 3.63) is 63.9 Å². The van der Waals surface area contributed by atoms with Crippen LogP contribution in [0.25, 0.3) is 0 Å². The van der Waals surface area contributed by atoms with Crippen LogP contribution < -0.4 is 10.0 Å². The summed E-state index contributed by atoms with van der Waals surface area (Å²) in [5.74, 6) is -0.503. The van der Waals surface area contributed by atoms with Crippen LogP contribution in [0.4, 0.5) is 4.39 Å². The van der Waals surface area contributed by atoms with Gasteiger partial charge in [0, 0.05) is 16.4 Å². The van der Waals surface area contributed by atoms with Crippen molar-refractivity contribution in [3.8, 4) is 0 Å². The fraction of sp³-hybridized carbons (Fsp3) is 0.409. The van der Waals surface area contributed by atoms with Gasteiger partial charge in [-0.3, -0.25) is 4.79 Å². The quantitative estimate of drug-likeness (QED) is 0.612. The van der Waals surface area contributed by atoms with E-state index in [0.717, 1.165) is 15.6 Å². The minimum atomic E-state index is -3.60. The standard InChI is InChI=1S/C22H26BrFN2O3S/c1-14-13-20(11-12-21(14)23)30(28,29)26-19-9-5-17(6-10-19)22(27)25-15(2)16-3-7-18(24)8-4-16/h3-4,7-8,11-13,15,17,19,26H,5-6,9-10H2,1-2H3,(H,25,27)/t15-,17?,19?/m1/s1. The first kappa shape index (κ1) is 22.9. The molecule has 0 saturated heterocycles. The summed E-state index contributed by atoms with van der Waals surface area (Å²) in [5, 5.41) is 2.98. The van der Waals surface area contributed by atoms with Gasteiger partial charge in [-0.25, -0.2) is 17.5 Å². The van der Waals surface area contributed by atoms with Crippen LogP contribution in [0.3, 0.4) is 0 Å². The number of carbonyl (C=O) groups is 1. The summed E-state index contributed by atoms with van der Waals surface area (Å²) in [6.45, 7) is 3.71. The van der Waals surface area contributed by atoms with Gasteiger partial charge < -0.3 is 5.32 Å². The highest BCUT2D eigenvalue weighted by Crippen LogP contribution is 2.27. The summed E-state index contributed by atoms with van der Waals surface area (Å²) >= 11 is 3.38. The number of amides is 1. The monoisotopic (exact) mass is 496 g/mol. The molecule has 0 aliphatic heterocycles. The Morgan fingerprint density at radius 3 is 2.33 bits per heavy atom. The topological polar surface area (TPSA) is 75.3 Å². The van der Waals surface area contributed by atoms with E-state index in [1.807, 2.05) is 13.8 Å². The van der Waals surface area contributed by atoms with Crippen LogP contribution in [-0.2, 0) is 14.8 Å². The van der Waals surface area contributed by atoms with E-state index in [1.54, 1.807) is 30.3 Å². The largest absolute Gasteiger partial charge is 0.349 e. The van der Waals surface area contributed by atoms with Crippen LogP contribution in [0.15, 0.2) is 51.8 Å². The molecule has 8 heteroatoms. The molecule has 0 radical (unpaired) electrons. The second-order valence-corrected chi connectivity index (χ2v) is 10.4. The van der Waals surface area contributed by atoms with E-state index < -0.39 is 10.0 Å². The predicted molar refractivity (Wildman–Crippen MR) is 118 cm³/mol. The third-order valence-corrected chi connectivity index (χ3v) is 8.00. The molecule has 2 aromatic rings. The molecule has 1 amide bonds. The molecule has 3 rings (SSSR count). The van der Waals surface area contributed by atoms with Crippen LogP contribution in [0.2, 0.25) is 0 Å². The van der Waals surface area contributed by atoms with Gasteiger partial charge in [0.15, 0.2) is 0 Å². The van der Waals surface area contributed by atoms with Crippen molar-refractivity contribution >= 4 is 31.9 Å². The molecule has 0 heterocycles. The Hall–Kier alpha value is -1.77. The van der Waals surface area contributed by atoms with E-state index in [1.165, 1.54) is 12.1 Å². The normalized spacial score (nSPS) is 20.5. The number of benzene rings is 2. The summed E-state index contributed by atoms with van der Waals surface area (Å²) in [4.78, 5) is 12.8. The molecule has 2 aromatic carbocycles.